The maximum atomic E-state index is 12.2. The highest BCUT2D eigenvalue weighted by molar-refractivity contribution is 7.89. The summed E-state index contributed by atoms with van der Waals surface area (Å²) in [6, 6.07) is 10.7. The summed E-state index contributed by atoms with van der Waals surface area (Å²) in [6.07, 6.45) is 0. The second-order valence-electron chi connectivity index (χ2n) is 4.65. The topological polar surface area (TPSA) is 84.5 Å². The Morgan fingerprint density at radius 2 is 1.83 bits per heavy atom. The molecule has 24 heavy (non-hydrogen) atoms. The molecule has 0 saturated heterocycles. The largest absolute Gasteiger partial charge is 0.495 e. The van der Waals surface area contributed by atoms with E-state index in [1.807, 2.05) is 0 Å². The normalized spacial score (nSPS) is 11.1. The average molecular weight is 389 g/mol. The average Bonchev–Trinajstić information content (AvgIpc) is 2.56. The van der Waals surface area contributed by atoms with Gasteiger partial charge in [0.15, 0.2) is 0 Å². The zero-order valence-electron chi connectivity index (χ0n) is 12.5. The molecule has 1 amide bonds. The summed E-state index contributed by atoms with van der Waals surface area (Å²) in [5, 5.41) is 2.92. The fourth-order valence-corrected chi connectivity index (χ4v) is 3.20. The van der Waals surface area contributed by atoms with E-state index in [4.69, 9.17) is 27.9 Å². The molecule has 2 rings (SSSR count). The standard InChI is InChI=1S/C15H14Cl2N2O4S/c1-23-14-5-3-2-4-13(14)19-15(20)9-18-24(21,22)10-6-7-11(16)12(17)8-10/h2-8,18H,9H2,1H3,(H,19,20). The molecule has 2 aromatic rings. The first kappa shape index (κ1) is 18.5. The Hall–Kier alpha value is -1.80. The fraction of sp³-hybridized carbons (Fsp3) is 0.133. The Labute approximate surface area is 149 Å². The number of methoxy groups -OCH3 is 1. The Kier molecular flexibility index (Phi) is 6.06. The molecule has 0 aliphatic heterocycles. The molecule has 0 fully saturated rings. The van der Waals surface area contributed by atoms with Gasteiger partial charge in [0, 0.05) is 0 Å². The molecule has 0 aromatic heterocycles. The van der Waals surface area contributed by atoms with E-state index in [-0.39, 0.29) is 14.9 Å². The van der Waals surface area contributed by atoms with Crippen LogP contribution in [0.4, 0.5) is 5.69 Å². The number of rotatable bonds is 6. The lowest BCUT2D eigenvalue weighted by Crippen LogP contribution is -2.33. The van der Waals surface area contributed by atoms with Crippen molar-refractivity contribution in [3.05, 3.63) is 52.5 Å². The quantitative estimate of drug-likeness (QED) is 0.796. The molecule has 0 bridgehead atoms. The fourth-order valence-electron chi connectivity index (χ4n) is 1.83. The molecule has 0 saturated carbocycles. The molecule has 0 radical (unpaired) electrons. The predicted octanol–water partition coefficient (Wildman–Crippen LogP) is 2.92. The highest BCUT2D eigenvalue weighted by atomic mass is 35.5. The van der Waals surface area contributed by atoms with Crippen LogP contribution in [0, 0.1) is 0 Å². The number of nitrogens with one attached hydrogen (secondary N) is 2. The minimum atomic E-state index is -3.89. The molecule has 0 aliphatic carbocycles. The number of hydrogen-bond donors (Lipinski definition) is 2. The first-order chi connectivity index (χ1) is 11.3. The molecule has 0 spiro atoms. The number of carbonyl (C=O) groups is 1. The van der Waals surface area contributed by atoms with Gasteiger partial charge in [-0.1, -0.05) is 35.3 Å². The Morgan fingerprint density at radius 3 is 2.50 bits per heavy atom. The van der Waals surface area contributed by atoms with Crippen molar-refractivity contribution in [2.45, 2.75) is 4.90 Å². The van der Waals surface area contributed by atoms with Crippen LogP contribution in [0.2, 0.25) is 10.0 Å². The van der Waals surface area contributed by atoms with Gasteiger partial charge < -0.3 is 10.1 Å². The molecule has 2 aromatic carbocycles. The van der Waals surface area contributed by atoms with E-state index < -0.39 is 22.5 Å². The molecule has 0 unspecified atom stereocenters. The van der Waals surface area contributed by atoms with E-state index in [1.165, 1.54) is 25.3 Å². The minimum Gasteiger partial charge on any atom is -0.495 e. The van der Waals surface area contributed by atoms with Gasteiger partial charge in [0.1, 0.15) is 5.75 Å². The predicted molar refractivity (Wildman–Crippen MR) is 93.3 cm³/mol. The summed E-state index contributed by atoms with van der Waals surface area (Å²) >= 11 is 11.6. The van der Waals surface area contributed by atoms with Crippen LogP contribution in [0.25, 0.3) is 0 Å². The molecule has 128 valence electrons. The van der Waals surface area contributed by atoms with Crippen LogP contribution in [0.5, 0.6) is 5.75 Å². The molecule has 0 atom stereocenters. The highest BCUT2D eigenvalue weighted by Gasteiger charge is 2.17. The summed E-state index contributed by atoms with van der Waals surface area (Å²) in [4.78, 5) is 11.9. The SMILES string of the molecule is COc1ccccc1NC(=O)CNS(=O)(=O)c1ccc(Cl)c(Cl)c1. The first-order valence-electron chi connectivity index (χ1n) is 6.71. The first-order valence-corrected chi connectivity index (χ1v) is 8.95. The molecule has 2 N–H and O–H groups in total. The second-order valence-corrected chi connectivity index (χ2v) is 7.23. The van der Waals surface area contributed by atoms with Gasteiger partial charge in [-0.15, -0.1) is 0 Å². The number of hydrogen-bond acceptors (Lipinski definition) is 4. The van der Waals surface area contributed by atoms with Crippen molar-refractivity contribution in [1.29, 1.82) is 0 Å². The lowest BCUT2D eigenvalue weighted by molar-refractivity contribution is -0.115. The van der Waals surface area contributed by atoms with Crippen LogP contribution < -0.4 is 14.8 Å². The van der Waals surface area contributed by atoms with Gasteiger partial charge in [0.05, 0.1) is 34.3 Å². The lowest BCUT2D eigenvalue weighted by atomic mass is 10.3. The lowest BCUT2D eigenvalue weighted by Gasteiger charge is -2.11. The third kappa shape index (κ3) is 4.61. The van der Waals surface area contributed by atoms with Crippen LogP contribution in [-0.2, 0) is 14.8 Å². The maximum Gasteiger partial charge on any atom is 0.241 e. The van der Waals surface area contributed by atoms with Crippen LogP contribution in [0.3, 0.4) is 0 Å². The van der Waals surface area contributed by atoms with Crippen LogP contribution in [-0.4, -0.2) is 28.0 Å². The van der Waals surface area contributed by atoms with Gasteiger partial charge in [0.25, 0.3) is 0 Å². The Morgan fingerprint density at radius 1 is 1.12 bits per heavy atom. The zero-order valence-corrected chi connectivity index (χ0v) is 14.9. The summed E-state index contributed by atoms with van der Waals surface area (Å²) in [6.45, 7) is -0.444. The number of sulfonamides is 1. The van der Waals surface area contributed by atoms with Crippen molar-refractivity contribution in [3.63, 3.8) is 0 Å². The van der Waals surface area contributed by atoms with Crippen molar-refractivity contribution >= 4 is 44.8 Å². The van der Waals surface area contributed by atoms with Crippen molar-refractivity contribution in [2.75, 3.05) is 19.0 Å². The van der Waals surface area contributed by atoms with E-state index in [2.05, 4.69) is 10.0 Å². The van der Waals surface area contributed by atoms with Gasteiger partial charge in [-0.05, 0) is 30.3 Å². The van der Waals surface area contributed by atoms with Crippen LogP contribution in [0.1, 0.15) is 0 Å². The van der Waals surface area contributed by atoms with Crippen molar-refractivity contribution in [3.8, 4) is 5.75 Å². The number of para-hydroxylation sites is 2. The molecule has 0 aliphatic rings. The zero-order chi connectivity index (χ0) is 17.7. The summed E-state index contributed by atoms with van der Waals surface area (Å²) < 4.78 is 31.6. The third-order valence-electron chi connectivity index (χ3n) is 3.01. The Bertz CT molecular complexity index is 856. The molecular weight excluding hydrogens is 375 g/mol. The second kappa shape index (κ2) is 7.85. The molecular formula is C15H14Cl2N2O4S. The van der Waals surface area contributed by atoms with Gasteiger partial charge in [0.2, 0.25) is 15.9 Å². The van der Waals surface area contributed by atoms with E-state index in [0.717, 1.165) is 0 Å². The number of carbonyl (C=O) groups excluding carboxylic acids is 1. The van der Waals surface area contributed by atoms with E-state index >= 15 is 0 Å². The van der Waals surface area contributed by atoms with Crippen molar-refractivity contribution in [2.24, 2.45) is 0 Å². The molecule has 6 nitrogen and oxygen atoms in total. The smallest absolute Gasteiger partial charge is 0.241 e. The number of benzene rings is 2. The summed E-state index contributed by atoms with van der Waals surface area (Å²) in [7, 11) is -2.42. The highest BCUT2D eigenvalue weighted by Crippen LogP contribution is 2.25. The number of ether oxygens (including phenoxy) is 1. The monoisotopic (exact) mass is 388 g/mol. The van der Waals surface area contributed by atoms with E-state index in [1.54, 1.807) is 24.3 Å². The van der Waals surface area contributed by atoms with Crippen LogP contribution >= 0.6 is 23.2 Å². The van der Waals surface area contributed by atoms with Crippen molar-refractivity contribution in [1.82, 2.24) is 4.72 Å². The number of anilines is 1. The van der Waals surface area contributed by atoms with Crippen LogP contribution in [0.15, 0.2) is 47.4 Å². The van der Waals surface area contributed by atoms with Crippen molar-refractivity contribution < 1.29 is 17.9 Å². The number of halogens is 2. The van der Waals surface area contributed by atoms with Gasteiger partial charge in [-0.2, -0.15) is 0 Å². The maximum absolute atomic E-state index is 12.2. The molecule has 0 heterocycles. The van der Waals surface area contributed by atoms with E-state index in [0.29, 0.717) is 11.4 Å². The van der Waals surface area contributed by atoms with E-state index in [9.17, 15) is 13.2 Å². The van der Waals surface area contributed by atoms with Gasteiger partial charge in [-0.3, -0.25) is 4.79 Å². The van der Waals surface area contributed by atoms with Gasteiger partial charge in [-0.25, -0.2) is 13.1 Å². The summed E-state index contributed by atoms with van der Waals surface area (Å²) in [5.74, 6) is -0.0682. The third-order valence-corrected chi connectivity index (χ3v) is 5.14. The number of amides is 1. The molecule has 9 heteroatoms. The Balaban J connectivity index is 2.03. The van der Waals surface area contributed by atoms with Gasteiger partial charge >= 0.3 is 0 Å². The minimum absolute atomic E-state index is 0.0815. The summed E-state index contributed by atoms with van der Waals surface area (Å²) in [5.41, 5.74) is 0.443.